The van der Waals surface area contributed by atoms with E-state index in [-0.39, 0.29) is 17.9 Å². The number of methoxy groups -OCH3 is 1. The molecule has 2 atom stereocenters. The highest BCUT2D eigenvalue weighted by Crippen LogP contribution is 2.35. The molecule has 0 amide bonds. The molecule has 1 heterocycles. The van der Waals surface area contributed by atoms with Crippen LogP contribution in [0, 0.1) is 0 Å². The van der Waals surface area contributed by atoms with E-state index in [1.54, 1.807) is 25.1 Å². The van der Waals surface area contributed by atoms with Crippen LogP contribution in [0.3, 0.4) is 0 Å². The van der Waals surface area contributed by atoms with Crippen LogP contribution in [0.1, 0.15) is 19.8 Å². The number of hydrogen-bond donors (Lipinski definition) is 2. The predicted molar refractivity (Wildman–Crippen MR) is 99.7 cm³/mol. The van der Waals surface area contributed by atoms with Gasteiger partial charge in [0.25, 0.3) is 0 Å². The third-order valence-electron chi connectivity index (χ3n) is 4.09. The van der Waals surface area contributed by atoms with Crippen LogP contribution in [0.15, 0.2) is 57.8 Å². The maximum Gasteiger partial charge on any atom is 0.336 e. The van der Waals surface area contributed by atoms with Crippen molar-refractivity contribution >= 4 is 11.0 Å². The van der Waals surface area contributed by atoms with Crippen LogP contribution in [0.25, 0.3) is 11.0 Å². The quantitative estimate of drug-likeness (QED) is 0.528. The lowest BCUT2D eigenvalue weighted by atomic mass is 10.0. The molecule has 1 aromatic carbocycles. The minimum absolute atomic E-state index is 0.0407. The van der Waals surface area contributed by atoms with Gasteiger partial charge in [0.1, 0.15) is 12.7 Å². The van der Waals surface area contributed by atoms with E-state index >= 15 is 0 Å². The lowest BCUT2D eigenvalue weighted by Crippen LogP contribution is -2.21. The SMILES string of the molecule is C=C(CC[C@H](O)C(=C)C)[C@H](O)COc1ccc2ccc(=O)oc2c1OC. The largest absolute Gasteiger partial charge is 0.490 e. The fourth-order valence-corrected chi connectivity index (χ4v) is 2.42. The molecule has 1 aromatic heterocycles. The van der Waals surface area contributed by atoms with E-state index in [4.69, 9.17) is 13.9 Å². The summed E-state index contributed by atoms with van der Waals surface area (Å²) in [5, 5.41) is 20.7. The highest BCUT2D eigenvalue weighted by Gasteiger charge is 2.16. The van der Waals surface area contributed by atoms with Crippen LogP contribution < -0.4 is 15.1 Å². The topological polar surface area (TPSA) is 89.1 Å². The molecule has 0 aliphatic rings. The van der Waals surface area contributed by atoms with Crippen LogP contribution in [-0.2, 0) is 0 Å². The number of aliphatic hydroxyl groups excluding tert-OH is 2. The molecule has 0 unspecified atom stereocenters. The van der Waals surface area contributed by atoms with E-state index in [0.29, 0.717) is 35.1 Å². The summed E-state index contributed by atoms with van der Waals surface area (Å²) in [6, 6.07) is 6.38. The summed E-state index contributed by atoms with van der Waals surface area (Å²) in [5.41, 5.74) is 1.02. The second kappa shape index (κ2) is 8.69. The molecule has 0 aliphatic carbocycles. The van der Waals surface area contributed by atoms with Gasteiger partial charge in [-0.1, -0.05) is 18.7 Å². The first-order valence-electron chi connectivity index (χ1n) is 8.26. The first-order valence-corrected chi connectivity index (χ1v) is 8.26. The molecular weight excluding hydrogens is 336 g/mol. The Morgan fingerprint density at radius 2 is 1.88 bits per heavy atom. The predicted octanol–water partition coefficient (Wildman–Crippen LogP) is 2.81. The van der Waals surface area contributed by atoms with Gasteiger partial charge in [0.2, 0.25) is 5.75 Å². The summed E-state index contributed by atoms with van der Waals surface area (Å²) in [7, 11) is 1.45. The van der Waals surface area contributed by atoms with Crippen molar-refractivity contribution in [3.05, 3.63) is 59.0 Å². The third kappa shape index (κ3) is 4.74. The maximum absolute atomic E-state index is 11.5. The van der Waals surface area contributed by atoms with E-state index in [9.17, 15) is 15.0 Å². The number of ether oxygens (including phenoxy) is 2. The maximum atomic E-state index is 11.5. The average molecular weight is 360 g/mol. The number of rotatable bonds is 9. The summed E-state index contributed by atoms with van der Waals surface area (Å²) in [6.07, 6.45) is -0.642. The highest BCUT2D eigenvalue weighted by molar-refractivity contribution is 5.85. The summed E-state index contributed by atoms with van der Waals surface area (Å²) in [6.45, 7) is 9.24. The summed E-state index contributed by atoms with van der Waals surface area (Å²) >= 11 is 0. The molecular formula is C20H24O6. The van der Waals surface area contributed by atoms with Gasteiger partial charge in [0.15, 0.2) is 11.3 Å². The van der Waals surface area contributed by atoms with Crippen LogP contribution in [0.4, 0.5) is 0 Å². The molecule has 0 saturated carbocycles. The van der Waals surface area contributed by atoms with Gasteiger partial charge in [-0.2, -0.15) is 0 Å². The molecule has 2 rings (SSSR count). The van der Waals surface area contributed by atoms with Crippen molar-refractivity contribution in [1.29, 1.82) is 0 Å². The van der Waals surface area contributed by atoms with Gasteiger partial charge < -0.3 is 24.1 Å². The highest BCUT2D eigenvalue weighted by atomic mass is 16.5. The second-order valence-corrected chi connectivity index (χ2v) is 6.16. The number of benzene rings is 1. The summed E-state index contributed by atoms with van der Waals surface area (Å²) in [4.78, 5) is 11.5. The lowest BCUT2D eigenvalue weighted by Gasteiger charge is -2.18. The minimum atomic E-state index is -0.907. The molecule has 0 radical (unpaired) electrons. The minimum Gasteiger partial charge on any atom is -0.490 e. The monoisotopic (exact) mass is 360 g/mol. The first-order chi connectivity index (χ1) is 12.3. The zero-order chi connectivity index (χ0) is 19.3. The Morgan fingerprint density at radius 3 is 2.54 bits per heavy atom. The van der Waals surface area contributed by atoms with Gasteiger partial charge in [0, 0.05) is 11.5 Å². The Balaban J connectivity index is 2.05. The Labute approximate surface area is 152 Å². The van der Waals surface area contributed by atoms with Crippen LogP contribution in [0.2, 0.25) is 0 Å². The Morgan fingerprint density at radius 1 is 1.19 bits per heavy atom. The number of fused-ring (bicyclic) bond motifs is 1. The van der Waals surface area contributed by atoms with Gasteiger partial charge in [-0.25, -0.2) is 4.79 Å². The molecule has 2 aromatic rings. The normalized spacial score (nSPS) is 13.2. The molecule has 0 saturated heterocycles. The average Bonchev–Trinajstić information content (AvgIpc) is 2.62. The summed E-state index contributed by atoms with van der Waals surface area (Å²) in [5.74, 6) is 0.638. The third-order valence-corrected chi connectivity index (χ3v) is 4.09. The molecule has 26 heavy (non-hydrogen) atoms. The Kier molecular flexibility index (Phi) is 6.60. The fourth-order valence-electron chi connectivity index (χ4n) is 2.42. The lowest BCUT2D eigenvalue weighted by molar-refractivity contribution is 0.127. The zero-order valence-electron chi connectivity index (χ0n) is 15.0. The molecule has 6 nitrogen and oxygen atoms in total. The molecule has 0 bridgehead atoms. The van der Waals surface area contributed by atoms with Gasteiger partial charge in [-0.15, -0.1) is 0 Å². The van der Waals surface area contributed by atoms with Crippen molar-refractivity contribution < 1.29 is 24.1 Å². The van der Waals surface area contributed by atoms with E-state index < -0.39 is 17.8 Å². The molecule has 6 heteroatoms. The molecule has 0 spiro atoms. The van der Waals surface area contributed by atoms with Crippen molar-refractivity contribution in [2.45, 2.75) is 32.0 Å². The summed E-state index contributed by atoms with van der Waals surface area (Å²) < 4.78 is 16.1. The fraction of sp³-hybridized carbons (Fsp3) is 0.350. The number of hydrogen-bond acceptors (Lipinski definition) is 6. The van der Waals surface area contributed by atoms with Crippen molar-refractivity contribution in [3.8, 4) is 11.5 Å². The van der Waals surface area contributed by atoms with Crippen LogP contribution in [0.5, 0.6) is 11.5 Å². The van der Waals surface area contributed by atoms with Gasteiger partial charge in [0.05, 0.1) is 13.2 Å². The zero-order valence-corrected chi connectivity index (χ0v) is 15.0. The molecule has 140 valence electrons. The smallest absolute Gasteiger partial charge is 0.336 e. The molecule has 2 N–H and O–H groups in total. The van der Waals surface area contributed by atoms with Gasteiger partial charge in [-0.3, -0.25) is 0 Å². The van der Waals surface area contributed by atoms with E-state index in [0.717, 1.165) is 0 Å². The van der Waals surface area contributed by atoms with Crippen LogP contribution >= 0.6 is 0 Å². The van der Waals surface area contributed by atoms with Gasteiger partial charge in [-0.05, 0) is 43.5 Å². The van der Waals surface area contributed by atoms with Crippen molar-refractivity contribution in [2.75, 3.05) is 13.7 Å². The standard InChI is InChI=1S/C20H24O6/c1-12(2)15(21)8-5-13(3)16(22)11-25-17-9-6-14-7-10-18(23)26-19(14)20(17)24-4/h6-7,9-10,15-16,21-22H,1,3,5,8,11H2,2,4H3/t15-,16+/m0/s1. The second-order valence-electron chi connectivity index (χ2n) is 6.16. The molecule has 0 aliphatic heterocycles. The first kappa shape index (κ1) is 19.8. The Bertz CT molecular complexity index is 851. The van der Waals surface area contributed by atoms with E-state index in [1.807, 2.05) is 0 Å². The Hall–Kier alpha value is -2.57. The van der Waals surface area contributed by atoms with E-state index in [1.165, 1.54) is 13.2 Å². The van der Waals surface area contributed by atoms with Crippen LogP contribution in [-0.4, -0.2) is 36.1 Å². The van der Waals surface area contributed by atoms with Crippen molar-refractivity contribution in [2.24, 2.45) is 0 Å². The van der Waals surface area contributed by atoms with E-state index in [2.05, 4.69) is 13.2 Å². The van der Waals surface area contributed by atoms with Crippen molar-refractivity contribution in [1.82, 2.24) is 0 Å². The van der Waals surface area contributed by atoms with Gasteiger partial charge >= 0.3 is 5.63 Å². The molecule has 0 fully saturated rings. The number of aliphatic hydroxyl groups is 2. The van der Waals surface area contributed by atoms with Crippen molar-refractivity contribution in [3.63, 3.8) is 0 Å².